The fourth-order valence-electron chi connectivity index (χ4n) is 1.12. The number of Topliss-reactive ketones (excluding diaryl/α,β-unsaturated/α-hetero) is 1. The first-order chi connectivity index (χ1) is 7.56. The molecule has 2 N–H and O–H groups in total. The first-order valence-corrected chi connectivity index (χ1v) is 4.79. The van der Waals surface area contributed by atoms with Crippen LogP contribution in [-0.2, 0) is 4.79 Å². The van der Waals surface area contributed by atoms with Crippen molar-refractivity contribution in [3.63, 3.8) is 0 Å². The van der Waals surface area contributed by atoms with Gasteiger partial charge >= 0.3 is 0 Å². The van der Waals surface area contributed by atoms with Crippen molar-refractivity contribution in [2.75, 3.05) is 6.61 Å². The monoisotopic (exact) mass is 225 g/mol. The first kappa shape index (κ1) is 12.2. The third-order valence-electron chi connectivity index (χ3n) is 2.00. The highest BCUT2D eigenvalue weighted by molar-refractivity contribution is 5.96. The zero-order chi connectivity index (χ0) is 12.1. The number of primary amides is 1. The molecule has 0 aliphatic heterocycles. The molecule has 1 aromatic rings. The predicted molar refractivity (Wildman–Crippen MR) is 55.7 cm³/mol. The lowest BCUT2D eigenvalue weighted by Crippen LogP contribution is -2.17. The van der Waals surface area contributed by atoms with Crippen molar-refractivity contribution in [2.24, 2.45) is 5.73 Å². The minimum Gasteiger partial charge on any atom is -0.485 e. The zero-order valence-electron chi connectivity index (χ0n) is 8.83. The predicted octanol–water partition coefficient (Wildman–Crippen LogP) is 1.28. The van der Waals surface area contributed by atoms with Gasteiger partial charge in [0.2, 0.25) is 0 Å². The number of ketones is 1. The van der Waals surface area contributed by atoms with Crippen molar-refractivity contribution in [1.82, 2.24) is 0 Å². The van der Waals surface area contributed by atoms with E-state index in [1.54, 1.807) is 6.92 Å². The molecule has 5 heteroatoms. The van der Waals surface area contributed by atoms with Crippen molar-refractivity contribution < 1.29 is 18.7 Å². The second kappa shape index (κ2) is 5.25. The molecule has 1 aromatic carbocycles. The molecular weight excluding hydrogens is 213 g/mol. The Morgan fingerprint density at radius 3 is 2.69 bits per heavy atom. The molecule has 0 saturated heterocycles. The van der Waals surface area contributed by atoms with Crippen LogP contribution in [-0.4, -0.2) is 18.3 Å². The van der Waals surface area contributed by atoms with Crippen LogP contribution in [0.1, 0.15) is 23.7 Å². The van der Waals surface area contributed by atoms with Gasteiger partial charge in [-0.3, -0.25) is 9.59 Å². The summed E-state index contributed by atoms with van der Waals surface area (Å²) in [5.41, 5.74) is 4.68. The van der Waals surface area contributed by atoms with E-state index in [1.807, 2.05) is 0 Å². The minimum atomic E-state index is -0.919. The summed E-state index contributed by atoms with van der Waals surface area (Å²) in [7, 11) is 0. The molecule has 86 valence electrons. The van der Waals surface area contributed by atoms with Gasteiger partial charge in [-0.05, 0) is 12.1 Å². The zero-order valence-corrected chi connectivity index (χ0v) is 8.83. The van der Waals surface area contributed by atoms with Crippen molar-refractivity contribution in [1.29, 1.82) is 0 Å². The third kappa shape index (κ3) is 2.79. The summed E-state index contributed by atoms with van der Waals surface area (Å²) < 4.78 is 18.3. The molecule has 4 nitrogen and oxygen atoms in total. The Morgan fingerprint density at radius 1 is 1.44 bits per heavy atom. The van der Waals surface area contributed by atoms with E-state index in [-0.39, 0.29) is 23.7 Å². The van der Waals surface area contributed by atoms with Gasteiger partial charge in [-0.25, -0.2) is 4.39 Å². The van der Waals surface area contributed by atoms with Crippen LogP contribution < -0.4 is 10.5 Å². The average molecular weight is 225 g/mol. The molecule has 0 aromatic heterocycles. The number of ether oxygens (including phenoxy) is 1. The van der Waals surface area contributed by atoms with Gasteiger partial charge in [-0.15, -0.1) is 0 Å². The number of amides is 1. The molecule has 16 heavy (non-hydrogen) atoms. The van der Waals surface area contributed by atoms with Gasteiger partial charge in [0.05, 0.1) is 0 Å². The Labute approximate surface area is 92.2 Å². The summed E-state index contributed by atoms with van der Waals surface area (Å²) in [6.07, 6.45) is 0.321. The number of carbonyl (C=O) groups is 2. The molecule has 0 unspecified atom stereocenters. The van der Waals surface area contributed by atoms with Crippen LogP contribution in [0.3, 0.4) is 0 Å². The number of rotatable bonds is 5. The van der Waals surface area contributed by atoms with E-state index in [9.17, 15) is 14.0 Å². The van der Waals surface area contributed by atoms with Crippen molar-refractivity contribution in [3.8, 4) is 5.75 Å². The van der Waals surface area contributed by atoms with Gasteiger partial charge in [0, 0.05) is 6.42 Å². The lowest BCUT2D eigenvalue weighted by molar-refractivity contribution is -0.120. The summed E-state index contributed by atoms with van der Waals surface area (Å²) in [6, 6.07) is 3.88. The van der Waals surface area contributed by atoms with E-state index in [1.165, 1.54) is 12.1 Å². The van der Waals surface area contributed by atoms with Crippen LogP contribution in [0.25, 0.3) is 0 Å². The fourth-order valence-corrected chi connectivity index (χ4v) is 1.12. The maximum absolute atomic E-state index is 13.2. The molecule has 0 heterocycles. The standard InChI is InChI=1S/C11H12FNO3/c1-2-7(14)6-16-9-5-3-4-8(12)10(9)11(13)15/h3-5H,2,6H2,1H3,(H2,13,15). The number of hydrogen-bond acceptors (Lipinski definition) is 3. The van der Waals surface area contributed by atoms with E-state index in [0.29, 0.717) is 6.42 Å². The number of halogens is 1. The number of carbonyl (C=O) groups excluding carboxylic acids is 2. The topological polar surface area (TPSA) is 69.4 Å². The van der Waals surface area contributed by atoms with Crippen LogP contribution in [0, 0.1) is 5.82 Å². The molecule has 1 rings (SSSR count). The smallest absolute Gasteiger partial charge is 0.255 e. The maximum atomic E-state index is 13.2. The Kier molecular flexibility index (Phi) is 3.99. The van der Waals surface area contributed by atoms with Gasteiger partial charge in [-0.1, -0.05) is 13.0 Å². The third-order valence-corrected chi connectivity index (χ3v) is 2.00. The Bertz CT molecular complexity index is 418. The van der Waals surface area contributed by atoms with Crippen molar-refractivity contribution >= 4 is 11.7 Å². The lowest BCUT2D eigenvalue weighted by atomic mass is 10.2. The fraction of sp³-hybridized carbons (Fsp3) is 0.273. The molecule has 0 bridgehead atoms. The highest BCUT2D eigenvalue weighted by atomic mass is 19.1. The number of nitrogens with two attached hydrogens (primary N) is 1. The molecule has 0 fully saturated rings. The SMILES string of the molecule is CCC(=O)COc1cccc(F)c1C(N)=O. The first-order valence-electron chi connectivity index (χ1n) is 4.79. The van der Waals surface area contributed by atoms with Crippen molar-refractivity contribution in [3.05, 3.63) is 29.6 Å². The molecule has 0 spiro atoms. The molecule has 0 aliphatic rings. The number of hydrogen-bond donors (Lipinski definition) is 1. The van der Waals surface area contributed by atoms with Gasteiger partial charge in [-0.2, -0.15) is 0 Å². The van der Waals surface area contributed by atoms with E-state index < -0.39 is 11.7 Å². The van der Waals surface area contributed by atoms with Gasteiger partial charge in [0.15, 0.2) is 5.78 Å². The summed E-state index contributed by atoms with van der Waals surface area (Å²) in [5.74, 6) is -1.82. The molecular formula is C11H12FNO3. The highest BCUT2D eigenvalue weighted by Crippen LogP contribution is 2.20. The highest BCUT2D eigenvalue weighted by Gasteiger charge is 2.15. The van der Waals surface area contributed by atoms with E-state index in [2.05, 4.69) is 0 Å². The van der Waals surface area contributed by atoms with Crippen LogP contribution in [0.2, 0.25) is 0 Å². The Morgan fingerprint density at radius 2 is 2.12 bits per heavy atom. The quantitative estimate of drug-likeness (QED) is 0.820. The Balaban J connectivity index is 2.91. The number of benzene rings is 1. The normalized spacial score (nSPS) is 9.88. The molecule has 0 radical (unpaired) electrons. The van der Waals surface area contributed by atoms with Crippen LogP contribution >= 0.6 is 0 Å². The molecule has 0 atom stereocenters. The van der Waals surface area contributed by atoms with Gasteiger partial charge in [0.1, 0.15) is 23.7 Å². The average Bonchev–Trinajstić information content (AvgIpc) is 2.25. The summed E-state index contributed by atoms with van der Waals surface area (Å²) in [6.45, 7) is 1.49. The van der Waals surface area contributed by atoms with E-state index in [4.69, 9.17) is 10.5 Å². The maximum Gasteiger partial charge on any atom is 0.255 e. The molecule has 0 saturated carbocycles. The van der Waals surface area contributed by atoms with E-state index in [0.717, 1.165) is 6.07 Å². The second-order valence-electron chi connectivity index (χ2n) is 3.16. The lowest BCUT2D eigenvalue weighted by Gasteiger charge is -2.08. The van der Waals surface area contributed by atoms with Crippen LogP contribution in [0.5, 0.6) is 5.75 Å². The minimum absolute atomic E-state index is 0.00528. The van der Waals surface area contributed by atoms with Crippen LogP contribution in [0.15, 0.2) is 18.2 Å². The van der Waals surface area contributed by atoms with Crippen molar-refractivity contribution in [2.45, 2.75) is 13.3 Å². The van der Waals surface area contributed by atoms with Crippen LogP contribution in [0.4, 0.5) is 4.39 Å². The summed E-state index contributed by atoms with van der Waals surface area (Å²) in [5, 5.41) is 0. The van der Waals surface area contributed by atoms with E-state index >= 15 is 0 Å². The van der Waals surface area contributed by atoms with Gasteiger partial charge < -0.3 is 10.5 Å². The molecule has 1 amide bonds. The molecule has 0 aliphatic carbocycles. The second-order valence-corrected chi connectivity index (χ2v) is 3.16. The summed E-state index contributed by atoms with van der Waals surface area (Å²) in [4.78, 5) is 22.0. The van der Waals surface area contributed by atoms with Gasteiger partial charge in [0.25, 0.3) is 5.91 Å². The summed E-state index contributed by atoms with van der Waals surface area (Å²) >= 11 is 0. The Hall–Kier alpha value is -1.91. The largest absolute Gasteiger partial charge is 0.485 e.